The summed E-state index contributed by atoms with van der Waals surface area (Å²) >= 11 is 0. The first kappa shape index (κ1) is 17.1. The summed E-state index contributed by atoms with van der Waals surface area (Å²) in [4.78, 5) is 11.7. The minimum absolute atomic E-state index is 0.0903. The van der Waals surface area contributed by atoms with Crippen LogP contribution >= 0.6 is 0 Å². The van der Waals surface area contributed by atoms with Crippen molar-refractivity contribution in [2.75, 3.05) is 18.9 Å². The molecular formula is C12H12F6N2O. The summed E-state index contributed by atoms with van der Waals surface area (Å²) in [7, 11) is 1.38. The van der Waals surface area contributed by atoms with Gasteiger partial charge in [0.1, 0.15) is 0 Å². The number of hydrogen-bond acceptors (Lipinski definition) is 2. The first-order chi connectivity index (χ1) is 9.54. The van der Waals surface area contributed by atoms with E-state index in [1.54, 1.807) is 0 Å². The number of alkyl halides is 6. The van der Waals surface area contributed by atoms with E-state index in [4.69, 9.17) is 0 Å². The molecule has 21 heavy (non-hydrogen) atoms. The molecule has 0 aliphatic heterocycles. The molecule has 0 atom stereocenters. The lowest BCUT2D eigenvalue weighted by molar-refractivity contribution is -0.137. The highest BCUT2D eigenvalue weighted by molar-refractivity contribution is 5.99. The maximum Gasteiger partial charge on any atom is 0.416 e. The van der Waals surface area contributed by atoms with Gasteiger partial charge in [-0.25, -0.2) is 0 Å². The maximum atomic E-state index is 12.6. The van der Waals surface area contributed by atoms with Crippen LogP contribution in [0.3, 0.4) is 0 Å². The Hall–Kier alpha value is -1.93. The Kier molecular flexibility index (Phi) is 5.08. The first-order valence-electron chi connectivity index (χ1n) is 5.78. The van der Waals surface area contributed by atoms with Gasteiger partial charge in [0.2, 0.25) is 0 Å². The van der Waals surface area contributed by atoms with Gasteiger partial charge in [-0.1, -0.05) is 0 Å². The molecule has 0 saturated carbocycles. The fourth-order valence-corrected chi connectivity index (χ4v) is 1.54. The lowest BCUT2D eigenvalue weighted by Crippen LogP contribution is -2.28. The van der Waals surface area contributed by atoms with Gasteiger partial charge in [-0.2, -0.15) is 26.3 Å². The minimum Gasteiger partial charge on any atom is -0.387 e. The molecule has 3 nitrogen and oxygen atoms in total. The molecule has 0 heterocycles. The number of carbonyl (C=O) groups excluding carboxylic acids is 1. The van der Waals surface area contributed by atoms with E-state index in [9.17, 15) is 31.1 Å². The number of carbonyl (C=O) groups is 1. The van der Waals surface area contributed by atoms with Crippen LogP contribution in [0.2, 0.25) is 0 Å². The summed E-state index contributed by atoms with van der Waals surface area (Å²) in [5, 5.41) is 4.45. The van der Waals surface area contributed by atoms with Crippen LogP contribution in [0.15, 0.2) is 18.2 Å². The molecular weight excluding hydrogens is 302 g/mol. The van der Waals surface area contributed by atoms with Crippen molar-refractivity contribution in [1.82, 2.24) is 5.32 Å². The molecule has 9 heteroatoms. The fraction of sp³-hybridized carbons (Fsp3) is 0.417. The molecule has 1 aromatic rings. The Bertz CT molecular complexity index is 509. The van der Waals surface area contributed by atoms with Crippen molar-refractivity contribution in [1.29, 1.82) is 0 Å². The highest BCUT2D eigenvalue weighted by Crippen LogP contribution is 2.31. The van der Waals surface area contributed by atoms with Crippen LogP contribution in [0.25, 0.3) is 0 Å². The van der Waals surface area contributed by atoms with Crippen LogP contribution < -0.4 is 10.6 Å². The van der Waals surface area contributed by atoms with Crippen LogP contribution in [-0.4, -0.2) is 25.7 Å². The average molecular weight is 314 g/mol. The van der Waals surface area contributed by atoms with Crippen LogP contribution in [0, 0.1) is 0 Å². The van der Waals surface area contributed by atoms with Gasteiger partial charge in [-0.05, 0) is 18.2 Å². The van der Waals surface area contributed by atoms with Gasteiger partial charge in [0.25, 0.3) is 5.91 Å². The van der Waals surface area contributed by atoms with Crippen molar-refractivity contribution in [3.63, 3.8) is 0 Å². The Morgan fingerprint density at radius 2 is 1.76 bits per heavy atom. The van der Waals surface area contributed by atoms with Gasteiger partial charge in [0, 0.05) is 19.3 Å². The third kappa shape index (κ3) is 5.16. The Morgan fingerprint density at radius 3 is 2.24 bits per heavy atom. The van der Waals surface area contributed by atoms with Crippen LogP contribution in [0.5, 0.6) is 0 Å². The predicted octanol–water partition coefficient (Wildman–Crippen LogP) is 3.43. The quantitative estimate of drug-likeness (QED) is 0.836. The minimum atomic E-state index is -4.65. The number of rotatable bonds is 4. The second-order valence-electron chi connectivity index (χ2n) is 4.13. The molecule has 2 N–H and O–H groups in total. The number of amides is 1. The van der Waals surface area contributed by atoms with Crippen molar-refractivity contribution in [2.45, 2.75) is 18.8 Å². The Balaban J connectivity index is 2.91. The second kappa shape index (κ2) is 6.23. The standard InChI is InChI=1S/C12H12F6N2O/c1-19-9-3-2-7(12(16,17)18)6-8(9)10(21)20-5-4-11(13,14)15/h2-3,6,19H,4-5H2,1H3,(H,20,21). The molecule has 1 amide bonds. The van der Waals surface area contributed by atoms with Gasteiger partial charge < -0.3 is 10.6 Å². The predicted molar refractivity (Wildman–Crippen MR) is 64.0 cm³/mol. The number of hydrogen-bond donors (Lipinski definition) is 2. The third-order valence-corrected chi connectivity index (χ3v) is 2.55. The monoisotopic (exact) mass is 314 g/mol. The van der Waals surface area contributed by atoms with E-state index in [-0.39, 0.29) is 11.3 Å². The number of benzene rings is 1. The first-order valence-corrected chi connectivity index (χ1v) is 5.78. The number of halogens is 6. The van der Waals surface area contributed by atoms with E-state index >= 15 is 0 Å². The largest absolute Gasteiger partial charge is 0.416 e. The topological polar surface area (TPSA) is 41.1 Å². The maximum absolute atomic E-state index is 12.6. The normalized spacial score (nSPS) is 12.1. The fourth-order valence-electron chi connectivity index (χ4n) is 1.54. The summed E-state index contributed by atoms with van der Waals surface area (Å²) in [6.45, 7) is -0.707. The summed E-state index contributed by atoms with van der Waals surface area (Å²) in [6, 6.07) is 2.41. The highest BCUT2D eigenvalue weighted by Gasteiger charge is 2.32. The van der Waals surface area contributed by atoms with Gasteiger partial charge in [-0.15, -0.1) is 0 Å². The Morgan fingerprint density at radius 1 is 1.14 bits per heavy atom. The van der Waals surface area contributed by atoms with Gasteiger partial charge in [-0.3, -0.25) is 4.79 Å². The Labute approximate surface area is 116 Å². The summed E-state index contributed by atoms with van der Waals surface area (Å²) in [6.07, 6.45) is -10.4. The highest BCUT2D eigenvalue weighted by atomic mass is 19.4. The van der Waals surface area contributed by atoms with Crippen LogP contribution in [0.4, 0.5) is 32.0 Å². The second-order valence-corrected chi connectivity index (χ2v) is 4.13. The van der Waals surface area contributed by atoms with Gasteiger partial charge >= 0.3 is 12.4 Å². The van der Waals surface area contributed by atoms with E-state index in [0.29, 0.717) is 6.07 Å². The van der Waals surface area contributed by atoms with Crippen LogP contribution in [-0.2, 0) is 6.18 Å². The number of nitrogens with one attached hydrogen (secondary N) is 2. The number of anilines is 1. The molecule has 1 rings (SSSR count). The van der Waals surface area contributed by atoms with Crippen molar-refractivity contribution >= 4 is 11.6 Å². The molecule has 1 aromatic carbocycles. The lowest BCUT2D eigenvalue weighted by atomic mass is 10.1. The molecule has 0 radical (unpaired) electrons. The van der Waals surface area contributed by atoms with Crippen molar-refractivity contribution in [3.8, 4) is 0 Å². The van der Waals surface area contributed by atoms with Crippen molar-refractivity contribution in [3.05, 3.63) is 29.3 Å². The van der Waals surface area contributed by atoms with E-state index in [1.165, 1.54) is 7.05 Å². The van der Waals surface area contributed by atoms with E-state index in [1.807, 2.05) is 5.32 Å². The lowest BCUT2D eigenvalue weighted by Gasteiger charge is -2.14. The molecule has 118 valence electrons. The zero-order chi connectivity index (χ0) is 16.3. The van der Waals surface area contributed by atoms with E-state index < -0.39 is 36.8 Å². The smallest absolute Gasteiger partial charge is 0.387 e. The molecule has 0 saturated heterocycles. The van der Waals surface area contributed by atoms with Crippen LogP contribution in [0.1, 0.15) is 22.3 Å². The molecule has 0 bridgehead atoms. The van der Waals surface area contributed by atoms with E-state index in [2.05, 4.69) is 5.32 Å². The average Bonchev–Trinajstić information content (AvgIpc) is 2.35. The molecule has 0 aromatic heterocycles. The third-order valence-electron chi connectivity index (χ3n) is 2.55. The molecule has 0 spiro atoms. The summed E-state index contributed by atoms with van der Waals surface area (Å²) < 4.78 is 73.6. The molecule has 0 fully saturated rings. The zero-order valence-electron chi connectivity index (χ0n) is 10.8. The summed E-state index contributed by atoms with van der Waals surface area (Å²) in [5.41, 5.74) is -1.33. The van der Waals surface area contributed by atoms with Crippen molar-refractivity contribution < 1.29 is 31.1 Å². The SMILES string of the molecule is CNc1ccc(C(F)(F)F)cc1C(=O)NCCC(F)(F)F. The molecule has 0 unspecified atom stereocenters. The summed E-state index contributed by atoms with van der Waals surface area (Å²) in [5.74, 6) is -1.00. The molecule has 0 aliphatic rings. The zero-order valence-corrected chi connectivity index (χ0v) is 10.8. The van der Waals surface area contributed by atoms with Gasteiger partial charge in [0.15, 0.2) is 0 Å². The van der Waals surface area contributed by atoms with Gasteiger partial charge in [0.05, 0.1) is 17.5 Å². The molecule has 0 aliphatic carbocycles. The van der Waals surface area contributed by atoms with E-state index in [0.717, 1.165) is 12.1 Å². The van der Waals surface area contributed by atoms with Crippen molar-refractivity contribution in [2.24, 2.45) is 0 Å².